The first-order valence-electron chi connectivity index (χ1n) is 7.11. The Bertz CT molecular complexity index is 236. The molecule has 1 N–H and O–H groups in total. The molecule has 0 aliphatic heterocycles. The molecule has 0 spiro atoms. The highest BCUT2D eigenvalue weighted by molar-refractivity contribution is 4.85. The number of hydrogen-bond donors (Lipinski definition) is 1. The van der Waals surface area contributed by atoms with E-state index in [0.717, 1.165) is 25.8 Å². The molecule has 108 valence electrons. The van der Waals surface area contributed by atoms with Crippen LogP contribution in [0, 0.1) is 5.92 Å². The van der Waals surface area contributed by atoms with Gasteiger partial charge in [0.25, 0.3) is 0 Å². The highest BCUT2D eigenvalue weighted by Crippen LogP contribution is 2.41. The molecule has 0 radical (unpaired) electrons. The first-order valence-corrected chi connectivity index (χ1v) is 7.11. The highest BCUT2D eigenvalue weighted by Gasteiger charge is 2.39. The number of halogens is 2. The monoisotopic (exact) mass is 263 g/mol. The maximum absolute atomic E-state index is 13.2. The van der Waals surface area contributed by atoms with Gasteiger partial charge in [-0.05, 0) is 45.1 Å². The summed E-state index contributed by atoms with van der Waals surface area (Å²) in [4.78, 5) is 0. The van der Waals surface area contributed by atoms with Crippen molar-refractivity contribution >= 4 is 0 Å². The Balaban J connectivity index is 2.40. The minimum atomic E-state index is -2.42. The quantitative estimate of drug-likeness (QED) is 0.722. The Kier molecular flexibility index (Phi) is 6.50. The summed E-state index contributed by atoms with van der Waals surface area (Å²) in [5.74, 6) is -2.26. The van der Waals surface area contributed by atoms with Crippen LogP contribution in [0.15, 0.2) is 0 Å². The van der Waals surface area contributed by atoms with E-state index in [1.165, 1.54) is 0 Å². The van der Waals surface area contributed by atoms with Crippen molar-refractivity contribution in [1.29, 1.82) is 0 Å². The van der Waals surface area contributed by atoms with Crippen LogP contribution >= 0.6 is 0 Å². The van der Waals surface area contributed by atoms with Gasteiger partial charge in [0.2, 0.25) is 5.92 Å². The van der Waals surface area contributed by atoms with Crippen LogP contribution in [-0.2, 0) is 4.74 Å². The van der Waals surface area contributed by atoms with Gasteiger partial charge in [-0.25, -0.2) is 8.78 Å². The summed E-state index contributed by atoms with van der Waals surface area (Å²) in [6.07, 6.45) is 3.80. The molecule has 0 amide bonds. The van der Waals surface area contributed by atoms with E-state index in [-0.39, 0.29) is 24.9 Å². The number of nitrogens with one attached hydrogen (secondary N) is 1. The predicted octanol–water partition coefficient (Wildman–Crippen LogP) is 3.61. The molecule has 0 heterocycles. The van der Waals surface area contributed by atoms with Crippen LogP contribution in [0.5, 0.6) is 0 Å². The molecule has 1 aliphatic rings. The van der Waals surface area contributed by atoms with Crippen LogP contribution in [0.25, 0.3) is 0 Å². The standard InChI is InChI=1S/C14H27F2NO/c1-4-7-17-13(8-11(2)18-3)9-12-5-6-14(15,16)10-12/h11-13,17H,4-10H2,1-3H3. The zero-order chi connectivity index (χ0) is 13.6. The third kappa shape index (κ3) is 5.61. The molecule has 4 heteroatoms. The van der Waals surface area contributed by atoms with Crippen molar-refractivity contribution in [3.63, 3.8) is 0 Å². The Hall–Kier alpha value is -0.220. The molecule has 1 saturated carbocycles. The van der Waals surface area contributed by atoms with E-state index in [0.29, 0.717) is 12.5 Å². The van der Waals surface area contributed by atoms with Crippen molar-refractivity contribution in [3.8, 4) is 0 Å². The fourth-order valence-electron chi connectivity index (χ4n) is 2.75. The smallest absolute Gasteiger partial charge is 0.248 e. The van der Waals surface area contributed by atoms with Gasteiger partial charge in [0, 0.05) is 26.0 Å². The molecule has 0 bridgehead atoms. The van der Waals surface area contributed by atoms with Gasteiger partial charge in [-0.2, -0.15) is 0 Å². The minimum absolute atomic E-state index is 0.0675. The van der Waals surface area contributed by atoms with Gasteiger partial charge >= 0.3 is 0 Å². The van der Waals surface area contributed by atoms with Crippen LogP contribution in [-0.4, -0.2) is 31.7 Å². The Morgan fingerprint density at radius 1 is 1.44 bits per heavy atom. The van der Waals surface area contributed by atoms with Gasteiger partial charge in [-0.3, -0.25) is 0 Å². The van der Waals surface area contributed by atoms with Crippen molar-refractivity contribution in [2.45, 2.75) is 70.4 Å². The Morgan fingerprint density at radius 3 is 2.67 bits per heavy atom. The summed E-state index contributed by atoms with van der Waals surface area (Å²) in [7, 11) is 1.70. The molecule has 18 heavy (non-hydrogen) atoms. The molecule has 0 aromatic heterocycles. The summed E-state index contributed by atoms with van der Waals surface area (Å²) in [6.45, 7) is 5.10. The lowest BCUT2D eigenvalue weighted by atomic mass is 9.94. The molecule has 0 saturated heterocycles. The van der Waals surface area contributed by atoms with Gasteiger partial charge in [0.05, 0.1) is 6.10 Å². The molecule has 1 aliphatic carbocycles. The molecule has 1 fully saturated rings. The maximum atomic E-state index is 13.2. The fraction of sp³-hybridized carbons (Fsp3) is 1.00. The first-order chi connectivity index (χ1) is 8.46. The average molecular weight is 263 g/mol. The van der Waals surface area contributed by atoms with E-state index in [1.807, 2.05) is 6.92 Å². The molecule has 2 nitrogen and oxygen atoms in total. The van der Waals surface area contributed by atoms with E-state index in [2.05, 4.69) is 12.2 Å². The second-order valence-electron chi connectivity index (χ2n) is 5.63. The van der Waals surface area contributed by atoms with Crippen LogP contribution in [0.4, 0.5) is 8.78 Å². The van der Waals surface area contributed by atoms with Crippen LogP contribution in [0.3, 0.4) is 0 Å². The van der Waals surface area contributed by atoms with Crippen molar-refractivity contribution in [2.75, 3.05) is 13.7 Å². The third-order valence-electron chi connectivity index (χ3n) is 3.83. The highest BCUT2D eigenvalue weighted by atomic mass is 19.3. The predicted molar refractivity (Wildman–Crippen MR) is 70.1 cm³/mol. The molecule has 1 rings (SSSR count). The van der Waals surface area contributed by atoms with Gasteiger partial charge in [-0.15, -0.1) is 0 Å². The van der Waals surface area contributed by atoms with Gasteiger partial charge < -0.3 is 10.1 Å². The van der Waals surface area contributed by atoms with E-state index in [9.17, 15) is 8.78 Å². The Labute approximate surface area is 109 Å². The van der Waals surface area contributed by atoms with Gasteiger partial charge in [-0.1, -0.05) is 6.92 Å². The number of methoxy groups -OCH3 is 1. The normalized spacial score (nSPS) is 26.2. The maximum Gasteiger partial charge on any atom is 0.248 e. The molecule has 0 aromatic carbocycles. The number of hydrogen-bond acceptors (Lipinski definition) is 2. The van der Waals surface area contributed by atoms with Gasteiger partial charge in [0.1, 0.15) is 0 Å². The second-order valence-corrected chi connectivity index (χ2v) is 5.63. The molecule has 0 aromatic rings. The van der Waals surface area contributed by atoms with E-state index < -0.39 is 5.92 Å². The summed E-state index contributed by atoms with van der Waals surface area (Å²) in [5.41, 5.74) is 0. The molecular formula is C14H27F2NO. The van der Waals surface area contributed by atoms with Crippen molar-refractivity contribution < 1.29 is 13.5 Å². The lowest BCUT2D eigenvalue weighted by molar-refractivity contribution is 0.00400. The number of rotatable bonds is 8. The summed E-state index contributed by atoms with van der Waals surface area (Å²) in [5, 5.41) is 3.46. The van der Waals surface area contributed by atoms with Crippen molar-refractivity contribution in [1.82, 2.24) is 5.32 Å². The van der Waals surface area contributed by atoms with Crippen molar-refractivity contribution in [2.24, 2.45) is 5.92 Å². The second kappa shape index (κ2) is 7.39. The summed E-state index contributed by atoms with van der Waals surface area (Å²) in [6, 6.07) is 0.304. The minimum Gasteiger partial charge on any atom is -0.382 e. The number of alkyl halides is 2. The third-order valence-corrected chi connectivity index (χ3v) is 3.83. The SMILES string of the molecule is CCCNC(CC1CCC(F)(F)C1)CC(C)OC. The largest absolute Gasteiger partial charge is 0.382 e. The summed E-state index contributed by atoms with van der Waals surface area (Å²) >= 11 is 0. The number of ether oxygens (including phenoxy) is 1. The molecular weight excluding hydrogens is 236 g/mol. The zero-order valence-electron chi connectivity index (χ0n) is 11.8. The topological polar surface area (TPSA) is 21.3 Å². The van der Waals surface area contributed by atoms with Gasteiger partial charge in [0.15, 0.2) is 0 Å². The Morgan fingerprint density at radius 2 is 2.17 bits per heavy atom. The lowest BCUT2D eigenvalue weighted by Crippen LogP contribution is -2.34. The average Bonchev–Trinajstić information content (AvgIpc) is 2.65. The van der Waals surface area contributed by atoms with Crippen molar-refractivity contribution in [3.05, 3.63) is 0 Å². The fourth-order valence-corrected chi connectivity index (χ4v) is 2.75. The lowest BCUT2D eigenvalue weighted by Gasteiger charge is -2.24. The van der Waals surface area contributed by atoms with E-state index in [4.69, 9.17) is 4.74 Å². The first kappa shape index (κ1) is 15.8. The van der Waals surface area contributed by atoms with Crippen LogP contribution < -0.4 is 5.32 Å². The molecule has 3 atom stereocenters. The molecule has 3 unspecified atom stereocenters. The summed E-state index contributed by atoms with van der Waals surface area (Å²) < 4.78 is 31.6. The van der Waals surface area contributed by atoms with Crippen LogP contribution in [0.1, 0.15) is 52.4 Å². The van der Waals surface area contributed by atoms with Crippen LogP contribution in [0.2, 0.25) is 0 Å². The van der Waals surface area contributed by atoms with E-state index >= 15 is 0 Å². The van der Waals surface area contributed by atoms with E-state index in [1.54, 1.807) is 7.11 Å². The zero-order valence-corrected chi connectivity index (χ0v) is 11.8.